The zero-order valence-corrected chi connectivity index (χ0v) is 12.5. The maximum Gasteiger partial charge on any atom is 0.223 e. The van der Waals surface area contributed by atoms with E-state index in [1.807, 2.05) is 4.90 Å². The van der Waals surface area contributed by atoms with Gasteiger partial charge >= 0.3 is 0 Å². The van der Waals surface area contributed by atoms with E-state index in [1.54, 1.807) is 11.3 Å². The van der Waals surface area contributed by atoms with Gasteiger partial charge in [0.1, 0.15) is 0 Å². The average Bonchev–Trinajstić information content (AvgIpc) is 3.03. The minimum atomic E-state index is 0.293. The molecule has 1 amide bonds. The van der Waals surface area contributed by atoms with Crippen LogP contribution in [0.4, 0.5) is 0 Å². The van der Waals surface area contributed by atoms with Gasteiger partial charge in [0.25, 0.3) is 0 Å². The summed E-state index contributed by atoms with van der Waals surface area (Å²) in [4.78, 5) is 15.6. The first kappa shape index (κ1) is 13.8. The van der Waals surface area contributed by atoms with E-state index < -0.39 is 0 Å². The number of hydrogen-bond acceptors (Lipinski definition) is 3. The fourth-order valence-electron chi connectivity index (χ4n) is 2.93. The maximum atomic E-state index is 12.3. The summed E-state index contributed by atoms with van der Waals surface area (Å²) in [5, 5.41) is 2.11. The molecule has 0 aromatic carbocycles. The molecule has 3 nitrogen and oxygen atoms in total. The van der Waals surface area contributed by atoms with E-state index in [2.05, 4.69) is 23.6 Å². The van der Waals surface area contributed by atoms with Gasteiger partial charge in [0.2, 0.25) is 5.91 Å². The third kappa shape index (κ3) is 3.30. The minimum absolute atomic E-state index is 0.293. The second kappa shape index (κ2) is 6.55. The molecule has 0 aliphatic carbocycles. The van der Waals surface area contributed by atoms with Crippen LogP contribution in [0.5, 0.6) is 0 Å². The summed E-state index contributed by atoms with van der Waals surface area (Å²) in [5.41, 5.74) is 1.39. The fraction of sp³-hybridized carbons (Fsp3) is 0.562. The summed E-state index contributed by atoms with van der Waals surface area (Å²) in [7, 11) is 0. The Bertz CT molecular complexity index is 475. The van der Waals surface area contributed by atoms with Crippen LogP contribution in [0, 0.1) is 5.92 Å². The standard InChI is InChI=1S/C16H21NO2S/c18-16(11-13-3-1-9-19-12-13)17-7-5-14(6-8-17)15-4-2-10-20-15/h2,4-5,10,13H,1,3,6-9,11-12H2. The molecule has 1 aromatic heterocycles. The monoisotopic (exact) mass is 291 g/mol. The molecule has 3 heterocycles. The fourth-order valence-corrected chi connectivity index (χ4v) is 3.72. The SMILES string of the molecule is O=C(CC1CCCOC1)N1CC=C(c2cccs2)CC1. The Balaban J connectivity index is 1.53. The van der Waals surface area contributed by atoms with E-state index in [9.17, 15) is 4.79 Å². The van der Waals surface area contributed by atoms with Gasteiger partial charge in [-0.1, -0.05) is 12.1 Å². The number of carbonyl (C=O) groups is 1. The van der Waals surface area contributed by atoms with Crippen molar-refractivity contribution in [3.05, 3.63) is 28.5 Å². The zero-order valence-electron chi connectivity index (χ0n) is 11.7. The van der Waals surface area contributed by atoms with E-state index in [-0.39, 0.29) is 0 Å². The summed E-state index contributed by atoms with van der Waals surface area (Å²) in [6.07, 6.45) is 6.08. The van der Waals surface area contributed by atoms with E-state index in [4.69, 9.17) is 4.74 Å². The molecule has 1 fully saturated rings. The summed E-state index contributed by atoms with van der Waals surface area (Å²) < 4.78 is 5.46. The van der Waals surface area contributed by atoms with Gasteiger partial charge in [-0.05, 0) is 42.2 Å². The first-order valence-electron chi connectivity index (χ1n) is 7.41. The normalized spacial score (nSPS) is 23.5. The van der Waals surface area contributed by atoms with E-state index in [0.29, 0.717) is 18.2 Å². The van der Waals surface area contributed by atoms with Crippen LogP contribution in [0.2, 0.25) is 0 Å². The molecule has 4 heteroatoms. The molecule has 0 N–H and O–H groups in total. The molecule has 20 heavy (non-hydrogen) atoms. The highest BCUT2D eigenvalue weighted by atomic mass is 32.1. The molecule has 0 bridgehead atoms. The predicted octanol–water partition coefficient (Wildman–Crippen LogP) is 3.18. The Kier molecular flexibility index (Phi) is 4.53. The summed E-state index contributed by atoms with van der Waals surface area (Å²) in [5.74, 6) is 0.723. The molecule has 1 unspecified atom stereocenters. The smallest absolute Gasteiger partial charge is 0.223 e. The van der Waals surface area contributed by atoms with Gasteiger partial charge in [-0.2, -0.15) is 0 Å². The molecule has 0 saturated carbocycles. The van der Waals surface area contributed by atoms with Crippen molar-refractivity contribution in [2.24, 2.45) is 5.92 Å². The highest BCUT2D eigenvalue weighted by Crippen LogP contribution is 2.27. The van der Waals surface area contributed by atoms with Crippen molar-refractivity contribution in [2.75, 3.05) is 26.3 Å². The van der Waals surface area contributed by atoms with Crippen LogP contribution in [-0.4, -0.2) is 37.1 Å². The molecule has 3 rings (SSSR count). The number of thiophene rings is 1. The van der Waals surface area contributed by atoms with Crippen molar-refractivity contribution in [1.29, 1.82) is 0 Å². The van der Waals surface area contributed by atoms with Crippen LogP contribution in [0.3, 0.4) is 0 Å². The molecule has 108 valence electrons. The Labute approximate surface area is 124 Å². The van der Waals surface area contributed by atoms with Crippen LogP contribution in [0.25, 0.3) is 5.57 Å². The van der Waals surface area contributed by atoms with Gasteiger partial charge in [-0.3, -0.25) is 4.79 Å². The number of amides is 1. The van der Waals surface area contributed by atoms with Crippen LogP contribution >= 0.6 is 11.3 Å². The lowest BCUT2D eigenvalue weighted by molar-refractivity contribution is -0.132. The minimum Gasteiger partial charge on any atom is -0.381 e. The first-order valence-corrected chi connectivity index (χ1v) is 8.29. The van der Waals surface area contributed by atoms with E-state index in [0.717, 1.165) is 45.6 Å². The third-order valence-corrected chi connectivity index (χ3v) is 5.06. The number of ether oxygens (including phenoxy) is 1. The second-order valence-electron chi connectivity index (χ2n) is 5.58. The Morgan fingerprint density at radius 1 is 1.50 bits per heavy atom. The van der Waals surface area contributed by atoms with Gasteiger partial charge in [0, 0.05) is 37.6 Å². The average molecular weight is 291 g/mol. The van der Waals surface area contributed by atoms with Gasteiger partial charge in [0.15, 0.2) is 0 Å². The summed E-state index contributed by atoms with van der Waals surface area (Å²) >= 11 is 1.78. The molecular weight excluding hydrogens is 270 g/mol. The van der Waals surface area contributed by atoms with Crippen molar-refractivity contribution >= 4 is 22.8 Å². The van der Waals surface area contributed by atoms with Crippen molar-refractivity contribution in [3.8, 4) is 0 Å². The van der Waals surface area contributed by atoms with Gasteiger partial charge in [-0.15, -0.1) is 11.3 Å². The zero-order chi connectivity index (χ0) is 13.8. The predicted molar refractivity (Wildman–Crippen MR) is 81.7 cm³/mol. The van der Waals surface area contributed by atoms with Gasteiger partial charge in [0.05, 0.1) is 0 Å². The lowest BCUT2D eigenvalue weighted by Crippen LogP contribution is -2.36. The second-order valence-corrected chi connectivity index (χ2v) is 6.53. The van der Waals surface area contributed by atoms with Crippen LogP contribution in [0.15, 0.2) is 23.6 Å². The van der Waals surface area contributed by atoms with Crippen LogP contribution in [0.1, 0.15) is 30.6 Å². The van der Waals surface area contributed by atoms with Crippen molar-refractivity contribution in [1.82, 2.24) is 4.90 Å². The van der Waals surface area contributed by atoms with E-state index in [1.165, 1.54) is 10.5 Å². The number of carbonyl (C=O) groups excluding carboxylic acids is 1. The summed E-state index contributed by atoms with van der Waals surface area (Å²) in [6.45, 7) is 3.24. The van der Waals surface area contributed by atoms with Crippen molar-refractivity contribution in [3.63, 3.8) is 0 Å². The Hall–Kier alpha value is -1.13. The largest absolute Gasteiger partial charge is 0.381 e. The maximum absolute atomic E-state index is 12.3. The van der Waals surface area contributed by atoms with Gasteiger partial charge in [-0.25, -0.2) is 0 Å². The van der Waals surface area contributed by atoms with Crippen LogP contribution in [-0.2, 0) is 9.53 Å². The quantitative estimate of drug-likeness (QED) is 0.856. The van der Waals surface area contributed by atoms with Crippen molar-refractivity contribution in [2.45, 2.75) is 25.7 Å². The highest BCUT2D eigenvalue weighted by Gasteiger charge is 2.23. The Morgan fingerprint density at radius 2 is 2.45 bits per heavy atom. The molecular formula is C16H21NO2S. The van der Waals surface area contributed by atoms with E-state index >= 15 is 0 Å². The number of hydrogen-bond donors (Lipinski definition) is 0. The highest BCUT2D eigenvalue weighted by molar-refractivity contribution is 7.11. The topological polar surface area (TPSA) is 29.5 Å². The lowest BCUT2D eigenvalue weighted by atomic mass is 9.97. The number of nitrogens with zero attached hydrogens (tertiary/aromatic N) is 1. The lowest BCUT2D eigenvalue weighted by Gasteiger charge is -2.29. The molecule has 0 spiro atoms. The molecule has 2 aliphatic rings. The number of rotatable bonds is 3. The third-order valence-electron chi connectivity index (χ3n) is 4.12. The summed E-state index contributed by atoms with van der Waals surface area (Å²) in [6, 6.07) is 4.24. The molecule has 1 saturated heterocycles. The Morgan fingerprint density at radius 3 is 3.10 bits per heavy atom. The van der Waals surface area contributed by atoms with Gasteiger partial charge < -0.3 is 9.64 Å². The first-order chi connectivity index (χ1) is 9.83. The molecule has 1 atom stereocenters. The molecule has 1 aromatic rings. The van der Waals surface area contributed by atoms with Crippen molar-refractivity contribution < 1.29 is 9.53 Å². The molecule has 0 radical (unpaired) electrons. The van der Waals surface area contributed by atoms with Crippen LogP contribution < -0.4 is 0 Å². The molecule has 2 aliphatic heterocycles.